The van der Waals surface area contributed by atoms with Crippen molar-refractivity contribution >= 4 is 47.8 Å². The van der Waals surface area contributed by atoms with Crippen molar-refractivity contribution in [2.45, 2.75) is 45.3 Å². The van der Waals surface area contributed by atoms with Crippen molar-refractivity contribution in [3.8, 4) is 0 Å². The second-order valence-electron chi connectivity index (χ2n) is 7.27. The summed E-state index contributed by atoms with van der Waals surface area (Å²) in [6, 6.07) is -0.637. The van der Waals surface area contributed by atoms with Gasteiger partial charge >= 0.3 is 5.97 Å². The van der Waals surface area contributed by atoms with Gasteiger partial charge in [0, 0.05) is 19.4 Å². The van der Waals surface area contributed by atoms with Crippen LogP contribution >= 0.6 is 7.07 Å². The number of alkyl halides is 1. The van der Waals surface area contributed by atoms with Crippen molar-refractivity contribution in [2.24, 2.45) is 5.92 Å². The minimum atomic E-state index is -2.06. The minimum absolute atomic E-state index is 0.0687. The molecule has 0 saturated carbocycles. The molecule has 0 spiro atoms. The van der Waals surface area contributed by atoms with Crippen molar-refractivity contribution in [1.82, 2.24) is 24.6 Å². The Balaban J connectivity index is 1.68. The highest BCUT2D eigenvalue weighted by molar-refractivity contribution is 8.02. The maximum atomic E-state index is 15.4. The summed E-state index contributed by atoms with van der Waals surface area (Å²) in [5, 5.41) is 5.76. The number of nitrogens with one attached hydrogen (secondary N) is 2. The monoisotopic (exact) mass is 475 g/mol. The van der Waals surface area contributed by atoms with E-state index in [1.165, 1.54) is 6.33 Å². The molecule has 1 fully saturated rings. The molecule has 11 nitrogen and oxygen atoms in total. The molecule has 0 amide bonds. The Hall–Kier alpha value is -1.92. The fourth-order valence-electron chi connectivity index (χ4n) is 3.40. The summed E-state index contributed by atoms with van der Waals surface area (Å²) in [6.07, 6.45) is 0.956. The van der Waals surface area contributed by atoms with E-state index in [4.69, 9.17) is 31.5 Å². The number of rotatable bonds is 9. The van der Waals surface area contributed by atoms with Crippen LogP contribution in [-0.4, -0.2) is 57.6 Å². The lowest BCUT2D eigenvalue weighted by molar-refractivity contribution is -0.171. The van der Waals surface area contributed by atoms with E-state index in [2.05, 4.69) is 25.4 Å². The smallest absolute Gasteiger partial charge is 0.323 e. The quantitative estimate of drug-likeness (QED) is 0.361. The molecule has 3 heterocycles. The van der Waals surface area contributed by atoms with Gasteiger partial charge in [-0.3, -0.25) is 14.4 Å². The number of anilines is 2. The molecule has 0 bridgehead atoms. The Morgan fingerprint density at radius 1 is 1.58 bits per heavy atom. The molecule has 1 saturated heterocycles. The minimum Gasteiger partial charge on any atom is -0.465 e. The third-order valence-electron chi connectivity index (χ3n) is 4.79. The van der Waals surface area contributed by atoms with Crippen molar-refractivity contribution in [3.05, 3.63) is 6.33 Å². The lowest BCUT2D eigenvalue weighted by atomic mass is 10.1. The van der Waals surface area contributed by atoms with Gasteiger partial charge in [-0.25, -0.2) is 9.37 Å². The molecule has 0 aliphatic carbocycles. The molecule has 14 heteroatoms. The number of hydrogen-bond acceptors (Lipinski definition) is 10. The predicted octanol–water partition coefficient (Wildman–Crippen LogP) is 1.73. The van der Waals surface area contributed by atoms with Crippen molar-refractivity contribution in [3.63, 3.8) is 0 Å². The highest BCUT2D eigenvalue weighted by Crippen LogP contribution is 2.44. The number of nitrogens with two attached hydrogens (primary N) is 1. The van der Waals surface area contributed by atoms with Crippen LogP contribution < -0.4 is 16.1 Å². The Labute approximate surface area is 184 Å². The van der Waals surface area contributed by atoms with Crippen LogP contribution in [0.5, 0.6) is 0 Å². The van der Waals surface area contributed by atoms with Crippen LogP contribution in [-0.2, 0) is 30.6 Å². The molecule has 2 aromatic rings. The molecule has 1 unspecified atom stereocenters. The summed E-state index contributed by atoms with van der Waals surface area (Å²) in [7, 11) is -0.367. The molecule has 1 aliphatic heterocycles. The zero-order valence-corrected chi connectivity index (χ0v) is 19.5. The number of ether oxygens (including phenoxy) is 2. The van der Waals surface area contributed by atoms with Gasteiger partial charge in [-0.1, -0.05) is 18.7 Å². The number of aromatic nitrogens is 4. The average Bonchev–Trinajstić information content (AvgIpc) is 3.26. The van der Waals surface area contributed by atoms with E-state index in [0.717, 1.165) is 0 Å². The summed E-state index contributed by atoms with van der Waals surface area (Å²) >= 11 is 5.23. The standard InChI is InChI=1S/C17H27FN7O4PS/c1-5-27-15(26)10(3)24-30(31)28-7-17(18)6-9(2)14(29-17)25-8-21-11-12(20-4)22-16(19)23-13(11)25/h8-10,14,30H,5-7H2,1-4H3,(H,24,31)(H3,19,20,22,23)/t9-,10+,14+,17-/m0/s1. The van der Waals surface area contributed by atoms with Gasteiger partial charge in [-0.15, -0.1) is 0 Å². The second kappa shape index (κ2) is 9.70. The van der Waals surface area contributed by atoms with Crippen LogP contribution in [0.3, 0.4) is 0 Å². The zero-order chi connectivity index (χ0) is 22.8. The number of hydrogen-bond donors (Lipinski definition) is 3. The molecule has 3 rings (SSSR count). The fraction of sp³-hybridized carbons (Fsp3) is 0.647. The summed E-state index contributed by atoms with van der Waals surface area (Å²) in [5.74, 6) is -2.14. The van der Waals surface area contributed by atoms with E-state index >= 15 is 4.39 Å². The molecule has 2 aromatic heterocycles. The lowest BCUT2D eigenvalue weighted by Crippen LogP contribution is -2.33. The number of carbonyl (C=O) groups excluding carboxylic acids is 1. The first-order chi connectivity index (χ1) is 14.7. The molecule has 172 valence electrons. The van der Waals surface area contributed by atoms with Crippen LogP contribution in [0.15, 0.2) is 6.33 Å². The summed E-state index contributed by atoms with van der Waals surface area (Å²) in [5.41, 5.74) is 6.74. The predicted molar refractivity (Wildman–Crippen MR) is 118 cm³/mol. The van der Waals surface area contributed by atoms with Gasteiger partial charge in [0.1, 0.15) is 26.0 Å². The van der Waals surface area contributed by atoms with Gasteiger partial charge in [0.15, 0.2) is 17.0 Å². The molecule has 5 atom stereocenters. The Morgan fingerprint density at radius 2 is 2.32 bits per heavy atom. The lowest BCUT2D eigenvalue weighted by Gasteiger charge is -2.22. The number of esters is 1. The maximum Gasteiger partial charge on any atom is 0.323 e. The van der Waals surface area contributed by atoms with Gasteiger partial charge < -0.3 is 25.0 Å². The summed E-state index contributed by atoms with van der Waals surface area (Å²) in [6.45, 7) is 5.10. The number of nitrogens with zero attached hydrogens (tertiary/aromatic N) is 4. The fourth-order valence-corrected chi connectivity index (χ4v) is 5.01. The molecule has 4 N–H and O–H groups in total. The molecule has 31 heavy (non-hydrogen) atoms. The SMILES string of the molecule is CCOC(=O)[C@@H](C)N[PH](=S)OC[C@]1(F)C[C@H](C)[C@H](n2cnc3c(NC)nc(N)nc32)O1. The van der Waals surface area contributed by atoms with Gasteiger partial charge in [0.05, 0.1) is 12.9 Å². The first kappa shape index (κ1) is 23.7. The first-order valence-corrected chi connectivity index (χ1v) is 12.4. The first-order valence-electron chi connectivity index (χ1n) is 9.82. The number of imidazole rings is 1. The maximum absolute atomic E-state index is 15.4. The van der Waals surface area contributed by atoms with E-state index in [-0.39, 0.29) is 31.5 Å². The van der Waals surface area contributed by atoms with E-state index in [1.807, 2.05) is 6.92 Å². The van der Waals surface area contributed by atoms with Crippen LogP contribution in [0.25, 0.3) is 11.2 Å². The third-order valence-corrected chi connectivity index (χ3v) is 6.57. The normalized spacial score (nSPS) is 25.5. The number of carbonyl (C=O) groups is 1. The van der Waals surface area contributed by atoms with Crippen LogP contribution in [0.4, 0.5) is 16.2 Å². The Bertz CT molecular complexity index is 979. The number of nitrogen functional groups attached to an aromatic ring is 1. The van der Waals surface area contributed by atoms with Crippen LogP contribution in [0.1, 0.15) is 33.4 Å². The van der Waals surface area contributed by atoms with Crippen molar-refractivity contribution in [2.75, 3.05) is 31.3 Å². The highest BCUT2D eigenvalue weighted by atomic mass is 32.4. The molecular weight excluding hydrogens is 448 g/mol. The topological polar surface area (TPSA) is 138 Å². The number of halogens is 1. The average molecular weight is 475 g/mol. The van der Waals surface area contributed by atoms with E-state index in [0.29, 0.717) is 17.0 Å². The van der Waals surface area contributed by atoms with Crippen LogP contribution in [0, 0.1) is 5.92 Å². The van der Waals surface area contributed by atoms with Crippen LogP contribution in [0.2, 0.25) is 0 Å². The molecule has 0 aromatic carbocycles. The summed E-state index contributed by atoms with van der Waals surface area (Å²) < 4.78 is 33.2. The highest BCUT2D eigenvalue weighted by Gasteiger charge is 2.47. The van der Waals surface area contributed by atoms with Gasteiger partial charge in [0.2, 0.25) is 11.8 Å². The van der Waals surface area contributed by atoms with E-state index in [1.54, 1.807) is 25.5 Å². The van der Waals surface area contributed by atoms with Gasteiger partial charge in [-0.2, -0.15) is 9.97 Å². The number of fused-ring (bicyclic) bond motifs is 1. The van der Waals surface area contributed by atoms with E-state index < -0.39 is 31.2 Å². The largest absolute Gasteiger partial charge is 0.465 e. The van der Waals surface area contributed by atoms with E-state index in [9.17, 15) is 4.79 Å². The van der Waals surface area contributed by atoms with Gasteiger partial charge in [0.25, 0.3) is 0 Å². The van der Waals surface area contributed by atoms with Crippen molar-refractivity contribution in [1.29, 1.82) is 0 Å². The summed E-state index contributed by atoms with van der Waals surface area (Å²) in [4.78, 5) is 24.3. The third kappa shape index (κ3) is 5.29. The van der Waals surface area contributed by atoms with Crippen molar-refractivity contribution < 1.29 is 23.2 Å². The molecular formula is C17H27FN7O4PS. The van der Waals surface area contributed by atoms with Gasteiger partial charge in [-0.05, 0) is 13.8 Å². The Morgan fingerprint density at radius 3 is 3.00 bits per heavy atom. The Kier molecular flexibility index (Phi) is 7.43. The molecule has 1 aliphatic rings. The zero-order valence-electron chi connectivity index (χ0n) is 17.7. The second-order valence-corrected chi connectivity index (χ2v) is 9.54. The molecule has 0 radical (unpaired) electrons.